The van der Waals surface area contributed by atoms with Crippen molar-refractivity contribution in [3.8, 4) is 0 Å². The molecular formula is C14H19ClN4. The third-order valence-electron chi connectivity index (χ3n) is 3.92. The number of anilines is 1. The molecule has 2 unspecified atom stereocenters. The van der Waals surface area contributed by atoms with Crippen molar-refractivity contribution in [2.75, 3.05) is 11.9 Å². The van der Waals surface area contributed by atoms with Gasteiger partial charge in [-0.25, -0.2) is 9.97 Å². The minimum Gasteiger partial charge on any atom is -0.368 e. The molecule has 3 rings (SSSR count). The molecule has 2 heterocycles. The predicted octanol–water partition coefficient (Wildman–Crippen LogP) is 3.18. The maximum absolute atomic E-state index is 6.23. The van der Waals surface area contributed by atoms with Crippen LogP contribution in [0, 0.1) is 5.92 Å². The van der Waals surface area contributed by atoms with E-state index in [4.69, 9.17) is 11.6 Å². The molecule has 1 fully saturated rings. The molecule has 0 radical (unpaired) electrons. The summed E-state index contributed by atoms with van der Waals surface area (Å²) in [7, 11) is 2.00. The zero-order valence-corrected chi connectivity index (χ0v) is 11.9. The summed E-state index contributed by atoms with van der Waals surface area (Å²) in [6.07, 6.45) is 8.42. The van der Waals surface area contributed by atoms with Crippen LogP contribution >= 0.6 is 11.6 Å². The maximum atomic E-state index is 6.23. The van der Waals surface area contributed by atoms with E-state index in [0.29, 0.717) is 11.3 Å². The summed E-state index contributed by atoms with van der Waals surface area (Å²) in [5.74, 6) is 1.53. The molecule has 0 bridgehead atoms. The van der Waals surface area contributed by atoms with Gasteiger partial charge in [-0.3, -0.25) is 0 Å². The van der Waals surface area contributed by atoms with Crippen LogP contribution in [0.15, 0.2) is 18.6 Å². The van der Waals surface area contributed by atoms with E-state index in [9.17, 15) is 0 Å². The summed E-state index contributed by atoms with van der Waals surface area (Å²) in [4.78, 5) is 8.81. The lowest BCUT2D eigenvalue weighted by Crippen LogP contribution is -2.22. The lowest BCUT2D eigenvalue weighted by Gasteiger charge is -2.25. The topological polar surface area (TPSA) is 42.7 Å². The lowest BCUT2D eigenvalue weighted by molar-refractivity contribution is 0.378. The molecule has 0 amide bonds. The number of rotatable bonds is 3. The molecule has 2 atom stereocenters. The van der Waals surface area contributed by atoms with Crippen molar-refractivity contribution >= 4 is 28.5 Å². The Balaban J connectivity index is 1.71. The minimum absolute atomic E-state index is 0.346. The van der Waals surface area contributed by atoms with Crippen LogP contribution in [0.1, 0.15) is 25.7 Å². The van der Waals surface area contributed by atoms with Crippen molar-refractivity contribution in [2.45, 2.75) is 31.1 Å². The average molecular weight is 279 g/mol. The van der Waals surface area contributed by atoms with Gasteiger partial charge in [0.05, 0.1) is 11.8 Å². The van der Waals surface area contributed by atoms with Crippen molar-refractivity contribution < 1.29 is 0 Å². The van der Waals surface area contributed by atoms with Crippen molar-refractivity contribution in [1.29, 1.82) is 0 Å². The number of hydrogen-bond donors (Lipinski definition) is 1. The van der Waals surface area contributed by atoms with Crippen molar-refractivity contribution in [1.82, 2.24) is 14.5 Å². The maximum Gasteiger partial charge on any atom is 0.154 e. The standard InChI is InChI=1S/C14H19ClN4/c1-19-9-18-13-12(19)5-6-16-14(13)17-8-10-3-2-4-11(15)7-10/h5-6,9-11H,2-4,7-8H2,1H3,(H,16,17). The molecule has 0 saturated heterocycles. The summed E-state index contributed by atoms with van der Waals surface area (Å²) < 4.78 is 2.01. The third kappa shape index (κ3) is 2.68. The molecule has 102 valence electrons. The molecule has 0 spiro atoms. The number of aromatic nitrogens is 3. The van der Waals surface area contributed by atoms with Gasteiger partial charge in [-0.15, -0.1) is 11.6 Å². The Kier molecular flexibility index (Phi) is 3.60. The second kappa shape index (κ2) is 5.37. The van der Waals surface area contributed by atoms with Gasteiger partial charge >= 0.3 is 0 Å². The zero-order chi connectivity index (χ0) is 13.2. The van der Waals surface area contributed by atoms with Crippen LogP contribution in [0.4, 0.5) is 5.82 Å². The Labute approximate surface area is 118 Å². The number of imidazole rings is 1. The summed E-state index contributed by atoms with van der Waals surface area (Å²) in [6.45, 7) is 0.936. The number of alkyl halides is 1. The quantitative estimate of drug-likeness (QED) is 0.877. The molecule has 1 aliphatic rings. The zero-order valence-electron chi connectivity index (χ0n) is 11.1. The Bertz CT molecular complexity index is 566. The molecule has 1 N–H and O–H groups in total. The molecular weight excluding hydrogens is 260 g/mol. The normalized spacial score (nSPS) is 23.7. The Hall–Kier alpha value is -1.29. The highest BCUT2D eigenvalue weighted by molar-refractivity contribution is 6.20. The second-order valence-electron chi connectivity index (χ2n) is 5.39. The smallest absolute Gasteiger partial charge is 0.154 e. The molecule has 2 aromatic heterocycles. The highest BCUT2D eigenvalue weighted by Gasteiger charge is 2.20. The van der Waals surface area contributed by atoms with E-state index in [1.807, 2.05) is 30.2 Å². The van der Waals surface area contributed by atoms with Gasteiger partial charge in [0.1, 0.15) is 5.52 Å². The van der Waals surface area contributed by atoms with Crippen LogP contribution in [0.2, 0.25) is 0 Å². The largest absolute Gasteiger partial charge is 0.368 e. The average Bonchev–Trinajstić information content (AvgIpc) is 2.79. The number of halogens is 1. The molecule has 0 aromatic carbocycles. The van der Waals surface area contributed by atoms with E-state index in [0.717, 1.165) is 36.2 Å². The number of pyridine rings is 1. The van der Waals surface area contributed by atoms with Gasteiger partial charge in [0.15, 0.2) is 5.82 Å². The number of fused-ring (bicyclic) bond motifs is 1. The van der Waals surface area contributed by atoms with E-state index in [-0.39, 0.29) is 0 Å². The van der Waals surface area contributed by atoms with Gasteiger partial charge in [-0.1, -0.05) is 6.42 Å². The molecule has 1 saturated carbocycles. The van der Waals surface area contributed by atoms with Gasteiger partial charge in [0.2, 0.25) is 0 Å². The van der Waals surface area contributed by atoms with Gasteiger partial charge in [0.25, 0.3) is 0 Å². The van der Waals surface area contributed by atoms with Gasteiger partial charge < -0.3 is 9.88 Å². The SMILES string of the molecule is Cn1cnc2c(NCC3CCCC(Cl)C3)nccc21. The first kappa shape index (κ1) is 12.7. The number of nitrogens with one attached hydrogen (secondary N) is 1. The lowest BCUT2D eigenvalue weighted by atomic mass is 9.89. The first-order chi connectivity index (χ1) is 9.24. The first-order valence-corrected chi connectivity index (χ1v) is 7.31. The van der Waals surface area contributed by atoms with E-state index in [1.165, 1.54) is 12.8 Å². The van der Waals surface area contributed by atoms with E-state index in [1.54, 1.807) is 0 Å². The van der Waals surface area contributed by atoms with Gasteiger partial charge in [-0.05, 0) is 31.2 Å². The van der Waals surface area contributed by atoms with Crippen LogP contribution in [0.3, 0.4) is 0 Å². The summed E-state index contributed by atoms with van der Waals surface area (Å²) in [5.41, 5.74) is 2.06. The van der Waals surface area contributed by atoms with E-state index >= 15 is 0 Å². The minimum atomic E-state index is 0.346. The van der Waals surface area contributed by atoms with Crippen molar-refractivity contribution in [3.63, 3.8) is 0 Å². The fraction of sp³-hybridized carbons (Fsp3) is 0.571. The molecule has 19 heavy (non-hydrogen) atoms. The Morgan fingerprint density at radius 3 is 3.16 bits per heavy atom. The van der Waals surface area contributed by atoms with E-state index in [2.05, 4.69) is 15.3 Å². The van der Waals surface area contributed by atoms with Gasteiger partial charge in [0, 0.05) is 25.2 Å². The number of hydrogen-bond acceptors (Lipinski definition) is 3. The highest BCUT2D eigenvalue weighted by atomic mass is 35.5. The van der Waals surface area contributed by atoms with Crippen LogP contribution in [-0.4, -0.2) is 26.5 Å². The van der Waals surface area contributed by atoms with Crippen molar-refractivity contribution in [3.05, 3.63) is 18.6 Å². The summed E-state index contributed by atoms with van der Waals surface area (Å²) >= 11 is 6.23. The first-order valence-electron chi connectivity index (χ1n) is 6.88. The molecule has 0 aliphatic heterocycles. The fourth-order valence-corrected chi connectivity index (χ4v) is 3.25. The Morgan fingerprint density at radius 1 is 1.42 bits per heavy atom. The number of aryl methyl sites for hydroxylation is 1. The van der Waals surface area contributed by atoms with Crippen molar-refractivity contribution in [2.24, 2.45) is 13.0 Å². The molecule has 2 aromatic rings. The molecule has 5 heteroatoms. The van der Waals surface area contributed by atoms with E-state index < -0.39 is 0 Å². The number of nitrogens with zero attached hydrogens (tertiary/aromatic N) is 3. The van der Waals surface area contributed by atoms with Crippen LogP contribution in [-0.2, 0) is 7.05 Å². The summed E-state index contributed by atoms with van der Waals surface area (Å²) in [6, 6.07) is 1.99. The predicted molar refractivity (Wildman–Crippen MR) is 78.6 cm³/mol. The third-order valence-corrected chi connectivity index (χ3v) is 4.32. The van der Waals surface area contributed by atoms with Crippen LogP contribution in [0.5, 0.6) is 0 Å². The summed E-state index contributed by atoms with van der Waals surface area (Å²) in [5, 5.41) is 3.79. The van der Waals surface area contributed by atoms with Gasteiger partial charge in [-0.2, -0.15) is 0 Å². The van der Waals surface area contributed by atoms with Crippen LogP contribution < -0.4 is 5.32 Å². The monoisotopic (exact) mass is 278 g/mol. The molecule has 1 aliphatic carbocycles. The second-order valence-corrected chi connectivity index (χ2v) is 6.01. The molecule has 4 nitrogen and oxygen atoms in total. The fourth-order valence-electron chi connectivity index (χ4n) is 2.84. The highest BCUT2D eigenvalue weighted by Crippen LogP contribution is 2.28. The Morgan fingerprint density at radius 2 is 2.32 bits per heavy atom. The van der Waals surface area contributed by atoms with Crippen LogP contribution in [0.25, 0.3) is 11.0 Å².